The number of para-hydroxylation sites is 1. The molecule has 4 rings (SSSR count). The molecule has 8 nitrogen and oxygen atoms in total. The largest absolute Gasteiger partial charge is 0.493 e. The first-order valence-electron chi connectivity index (χ1n) is 8.60. The Bertz CT molecular complexity index is 1030. The van der Waals surface area contributed by atoms with Crippen molar-refractivity contribution in [1.82, 2.24) is 15.1 Å². The SMILES string of the molecule is COc1cccc2cc(C(=O)N3CCN(c4cccnn4)CC3)c(=O)oc12. The number of benzene rings is 1. The third-order valence-corrected chi connectivity index (χ3v) is 4.62. The molecule has 0 spiro atoms. The zero-order valence-electron chi connectivity index (χ0n) is 14.8. The van der Waals surface area contributed by atoms with E-state index >= 15 is 0 Å². The van der Waals surface area contributed by atoms with Crippen LogP contribution < -0.4 is 15.3 Å². The van der Waals surface area contributed by atoms with Gasteiger partial charge in [0, 0.05) is 37.8 Å². The van der Waals surface area contributed by atoms with Gasteiger partial charge in [0.2, 0.25) is 0 Å². The number of rotatable bonds is 3. The number of aromatic nitrogens is 2. The number of ether oxygens (including phenoxy) is 1. The number of amides is 1. The van der Waals surface area contributed by atoms with Gasteiger partial charge in [-0.2, -0.15) is 5.10 Å². The summed E-state index contributed by atoms with van der Waals surface area (Å²) < 4.78 is 10.6. The van der Waals surface area contributed by atoms with Gasteiger partial charge in [-0.05, 0) is 24.3 Å². The minimum Gasteiger partial charge on any atom is -0.493 e. The molecule has 0 radical (unpaired) electrons. The fraction of sp³-hybridized carbons (Fsp3) is 0.263. The monoisotopic (exact) mass is 366 g/mol. The van der Waals surface area contributed by atoms with Crippen LogP contribution in [0.25, 0.3) is 11.0 Å². The number of fused-ring (bicyclic) bond motifs is 1. The van der Waals surface area contributed by atoms with Gasteiger partial charge in [0.15, 0.2) is 17.2 Å². The molecule has 1 aliphatic heterocycles. The number of anilines is 1. The Balaban J connectivity index is 1.55. The molecule has 0 bridgehead atoms. The summed E-state index contributed by atoms with van der Waals surface area (Å²) in [5.74, 6) is 0.912. The van der Waals surface area contributed by atoms with Crippen LogP contribution in [0.15, 0.2) is 51.8 Å². The third kappa shape index (κ3) is 3.21. The second kappa shape index (κ2) is 7.06. The van der Waals surface area contributed by atoms with Crippen molar-refractivity contribution in [3.63, 3.8) is 0 Å². The molecule has 138 valence electrons. The molecule has 3 heterocycles. The Kier molecular flexibility index (Phi) is 4.45. The smallest absolute Gasteiger partial charge is 0.349 e. The maximum Gasteiger partial charge on any atom is 0.349 e. The molecule has 0 saturated carbocycles. The predicted molar refractivity (Wildman–Crippen MR) is 99.2 cm³/mol. The van der Waals surface area contributed by atoms with Crippen molar-refractivity contribution >= 4 is 22.7 Å². The minimum absolute atomic E-state index is 0.0312. The Morgan fingerprint density at radius 3 is 2.67 bits per heavy atom. The molecule has 2 aromatic heterocycles. The van der Waals surface area contributed by atoms with E-state index in [9.17, 15) is 9.59 Å². The van der Waals surface area contributed by atoms with Gasteiger partial charge >= 0.3 is 5.63 Å². The Morgan fingerprint density at radius 1 is 1.15 bits per heavy atom. The molecule has 1 fully saturated rings. The number of carbonyl (C=O) groups excluding carboxylic acids is 1. The Morgan fingerprint density at radius 2 is 1.96 bits per heavy atom. The van der Waals surface area contributed by atoms with Gasteiger partial charge in [-0.15, -0.1) is 5.10 Å². The van der Waals surface area contributed by atoms with E-state index in [4.69, 9.17) is 9.15 Å². The zero-order valence-corrected chi connectivity index (χ0v) is 14.8. The summed E-state index contributed by atoms with van der Waals surface area (Å²) in [4.78, 5) is 28.9. The molecular weight excluding hydrogens is 348 g/mol. The van der Waals surface area contributed by atoms with E-state index in [1.165, 1.54) is 7.11 Å². The lowest BCUT2D eigenvalue weighted by Gasteiger charge is -2.34. The maximum absolute atomic E-state index is 12.9. The van der Waals surface area contributed by atoms with Gasteiger partial charge in [-0.25, -0.2) is 4.79 Å². The summed E-state index contributed by atoms with van der Waals surface area (Å²) in [5, 5.41) is 8.62. The second-order valence-corrected chi connectivity index (χ2v) is 6.19. The summed E-state index contributed by atoms with van der Waals surface area (Å²) in [6, 6.07) is 10.6. The van der Waals surface area contributed by atoms with Gasteiger partial charge in [0.1, 0.15) is 5.56 Å². The molecule has 3 aromatic rings. The molecule has 1 saturated heterocycles. The van der Waals surface area contributed by atoms with Gasteiger partial charge < -0.3 is 19.0 Å². The van der Waals surface area contributed by atoms with Crippen LogP contribution in [0.5, 0.6) is 5.75 Å². The fourth-order valence-electron chi connectivity index (χ4n) is 3.20. The summed E-state index contributed by atoms with van der Waals surface area (Å²) in [6.07, 6.45) is 1.62. The van der Waals surface area contributed by atoms with E-state index in [0.29, 0.717) is 42.9 Å². The number of nitrogens with zero attached hydrogens (tertiary/aromatic N) is 4. The molecule has 8 heteroatoms. The molecule has 1 aliphatic rings. The first-order chi connectivity index (χ1) is 13.2. The van der Waals surface area contributed by atoms with Crippen LogP contribution in [0.4, 0.5) is 5.82 Å². The molecule has 27 heavy (non-hydrogen) atoms. The van der Waals surface area contributed by atoms with E-state index in [2.05, 4.69) is 15.1 Å². The van der Waals surface area contributed by atoms with Crippen LogP contribution in [-0.2, 0) is 0 Å². The summed E-state index contributed by atoms with van der Waals surface area (Å²) in [5.41, 5.74) is -0.286. The number of hydrogen-bond acceptors (Lipinski definition) is 7. The van der Waals surface area contributed by atoms with Gasteiger partial charge in [-0.1, -0.05) is 12.1 Å². The van der Waals surface area contributed by atoms with E-state index in [1.807, 2.05) is 12.1 Å². The average Bonchev–Trinajstić information content (AvgIpc) is 2.73. The highest BCUT2D eigenvalue weighted by atomic mass is 16.5. The summed E-state index contributed by atoms with van der Waals surface area (Å²) in [7, 11) is 1.50. The zero-order chi connectivity index (χ0) is 18.8. The molecule has 0 N–H and O–H groups in total. The highest BCUT2D eigenvalue weighted by Gasteiger charge is 2.25. The number of methoxy groups -OCH3 is 1. The molecule has 0 unspecified atom stereocenters. The van der Waals surface area contributed by atoms with Crippen molar-refractivity contribution < 1.29 is 13.9 Å². The molecule has 0 atom stereocenters. The maximum atomic E-state index is 12.9. The highest BCUT2D eigenvalue weighted by Crippen LogP contribution is 2.25. The number of carbonyl (C=O) groups is 1. The fourth-order valence-corrected chi connectivity index (χ4v) is 3.20. The van der Waals surface area contributed by atoms with Gasteiger partial charge in [0.05, 0.1) is 7.11 Å². The lowest BCUT2D eigenvalue weighted by Crippen LogP contribution is -2.49. The first kappa shape index (κ1) is 17.0. The van der Waals surface area contributed by atoms with E-state index in [1.54, 1.807) is 35.4 Å². The first-order valence-corrected chi connectivity index (χ1v) is 8.60. The Labute approximate surface area is 155 Å². The number of piperazine rings is 1. The van der Waals surface area contributed by atoms with Crippen LogP contribution in [0.1, 0.15) is 10.4 Å². The number of hydrogen-bond donors (Lipinski definition) is 0. The van der Waals surface area contributed by atoms with E-state index in [-0.39, 0.29) is 11.5 Å². The predicted octanol–water partition coefficient (Wildman–Crippen LogP) is 1.55. The van der Waals surface area contributed by atoms with Crippen LogP contribution in [0.2, 0.25) is 0 Å². The van der Waals surface area contributed by atoms with E-state index < -0.39 is 5.63 Å². The summed E-state index contributed by atoms with van der Waals surface area (Å²) in [6.45, 7) is 2.23. The quantitative estimate of drug-likeness (QED) is 0.650. The van der Waals surface area contributed by atoms with Crippen LogP contribution in [-0.4, -0.2) is 54.3 Å². The van der Waals surface area contributed by atoms with Gasteiger partial charge in [0.25, 0.3) is 5.91 Å². The van der Waals surface area contributed by atoms with Crippen molar-refractivity contribution in [2.24, 2.45) is 0 Å². The van der Waals surface area contributed by atoms with Crippen molar-refractivity contribution in [2.75, 3.05) is 38.2 Å². The van der Waals surface area contributed by atoms with E-state index in [0.717, 1.165) is 5.82 Å². The van der Waals surface area contributed by atoms with Gasteiger partial charge in [-0.3, -0.25) is 4.79 Å². The lowest BCUT2D eigenvalue weighted by atomic mass is 10.1. The summed E-state index contributed by atoms with van der Waals surface area (Å²) >= 11 is 0. The highest BCUT2D eigenvalue weighted by molar-refractivity contribution is 5.97. The van der Waals surface area contributed by atoms with Crippen molar-refractivity contribution in [3.05, 3.63) is 58.6 Å². The molecular formula is C19H18N4O4. The normalized spacial score (nSPS) is 14.4. The van der Waals surface area contributed by atoms with Crippen molar-refractivity contribution in [2.45, 2.75) is 0 Å². The second-order valence-electron chi connectivity index (χ2n) is 6.19. The van der Waals surface area contributed by atoms with Crippen molar-refractivity contribution in [1.29, 1.82) is 0 Å². The standard InChI is InChI=1S/C19H18N4O4/c1-26-15-5-2-4-13-12-14(19(25)27-17(13)15)18(24)23-10-8-22(9-11-23)16-6-3-7-20-21-16/h2-7,12H,8-11H2,1H3. The Hall–Kier alpha value is -3.42. The van der Waals surface area contributed by atoms with Crippen LogP contribution >= 0.6 is 0 Å². The van der Waals surface area contributed by atoms with Crippen LogP contribution in [0, 0.1) is 0 Å². The lowest BCUT2D eigenvalue weighted by molar-refractivity contribution is 0.0742. The van der Waals surface area contributed by atoms with Crippen molar-refractivity contribution in [3.8, 4) is 5.75 Å². The molecule has 1 aromatic carbocycles. The third-order valence-electron chi connectivity index (χ3n) is 4.62. The van der Waals surface area contributed by atoms with Crippen LogP contribution in [0.3, 0.4) is 0 Å². The average molecular weight is 366 g/mol. The molecule has 0 aliphatic carbocycles. The topological polar surface area (TPSA) is 88.8 Å². The minimum atomic E-state index is -0.659. The molecule has 1 amide bonds.